The summed E-state index contributed by atoms with van der Waals surface area (Å²) in [5, 5.41) is 9.81. The molecule has 1 N–H and O–H groups in total. The maximum Gasteiger partial charge on any atom is 0.0670 e. The van der Waals surface area contributed by atoms with Gasteiger partial charge in [-0.2, -0.15) is 5.26 Å². The lowest BCUT2D eigenvalue weighted by molar-refractivity contribution is 1.27. The van der Waals surface area contributed by atoms with Gasteiger partial charge in [-0.05, 0) is 24.1 Å². The van der Waals surface area contributed by atoms with E-state index >= 15 is 0 Å². The molecule has 70 valence electrons. The Bertz CT molecular complexity index is 520. The third kappa shape index (κ3) is 1.32. The molecule has 2 aromatic rings. The van der Waals surface area contributed by atoms with Crippen molar-refractivity contribution in [2.45, 2.75) is 13.3 Å². The summed E-state index contributed by atoms with van der Waals surface area (Å²) >= 11 is 3.50. The summed E-state index contributed by atoms with van der Waals surface area (Å²) in [5.41, 5.74) is 3.37. The molecule has 1 aromatic heterocycles. The summed E-state index contributed by atoms with van der Waals surface area (Å²) in [5.74, 6) is 0. The van der Waals surface area contributed by atoms with Crippen molar-refractivity contribution in [3.63, 3.8) is 0 Å². The molecule has 3 heteroatoms. The van der Waals surface area contributed by atoms with E-state index in [2.05, 4.69) is 40.0 Å². The standard InChI is InChI=1S/C11H9BrN2/c1-7-2-3-9(12)10-8(4-5-13)6-14-11(7)10/h2-3,6,14H,4H2,1H3. The molecule has 0 fully saturated rings. The Kier molecular flexibility index (Phi) is 2.30. The molecule has 0 aliphatic heterocycles. The van der Waals surface area contributed by atoms with Crippen LogP contribution in [-0.4, -0.2) is 4.98 Å². The second kappa shape index (κ2) is 3.47. The van der Waals surface area contributed by atoms with E-state index in [1.54, 1.807) is 0 Å². The van der Waals surface area contributed by atoms with Crippen molar-refractivity contribution in [1.29, 1.82) is 5.26 Å². The van der Waals surface area contributed by atoms with Gasteiger partial charge in [0.05, 0.1) is 12.5 Å². The third-order valence-corrected chi connectivity index (χ3v) is 3.01. The van der Waals surface area contributed by atoms with Gasteiger partial charge in [0, 0.05) is 21.6 Å². The number of nitrogens with one attached hydrogen (secondary N) is 1. The Labute approximate surface area is 90.7 Å². The minimum absolute atomic E-state index is 0.446. The molecule has 0 spiro atoms. The molecule has 1 heterocycles. The van der Waals surface area contributed by atoms with Gasteiger partial charge in [-0.3, -0.25) is 0 Å². The fraction of sp³-hybridized carbons (Fsp3) is 0.182. The number of fused-ring (bicyclic) bond motifs is 1. The van der Waals surface area contributed by atoms with Crippen LogP contribution in [0, 0.1) is 18.3 Å². The van der Waals surface area contributed by atoms with Crippen molar-refractivity contribution in [3.05, 3.63) is 33.9 Å². The number of rotatable bonds is 1. The van der Waals surface area contributed by atoms with E-state index in [1.807, 2.05) is 12.3 Å². The van der Waals surface area contributed by atoms with Gasteiger partial charge < -0.3 is 4.98 Å². The Morgan fingerprint density at radius 2 is 2.29 bits per heavy atom. The number of H-pyrrole nitrogens is 1. The number of aryl methyl sites for hydroxylation is 1. The molecule has 0 saturated carbocycles. The van der Waals surface area contributed by atoms with Crippen LogP contribution in [-0.2, 0) is 6.42 Å². The fourth-order valence-electron chi connectivity index (χ4n) is 1.64. The normalized spacial score (nSPS) is 10.4. The fourth-order valence-corrected chi connectivity index (χ4v) is 2.22. The monoisotopic (exact) mass is 248 g/mol. The number of benzene rings is 1. The summed E-state index contributed by atoms with van der Waals surface area (Å²) in [4.78, 5) is 3.20. The smallest absolute Gasteiger partial charge is 0.0670 e. The highest BCUT2D eigenvalue weighted by Gasteiger charge is 2.08. The maximum absolute atomic E-state index is 8.68. The van der Waals surface area contributed by atoms with E-state index in [0.717, 1.165) is 20.9 Å². The van der Waals surface area contributed by atoms with Crippen LogP contribution in [0.5, 0.6) is 0 Å². The van der Waals surface area contributed by atoms with Crippen LogP contribution in [0.1, 0.15) is 11.1 Å². The van der Waals surface area contributed by atoms with E-state index in [-0.39, 0.29) is 0 Å². The third-order valence-electron chi connectivity index (χ3n) is 2.34. The van der Waals surface area contributed by atoms with Crippen molar-refractivity contribution in [2.75, 3.05) is 0 Å². The first-order chi connectivity index (χ1) is 6.74. The van der Waals surface area contributed by atoms with Gasteiger partial charge >= 0.3 is 0 Å². The van der Waals surface area contributed by atoms with Gasteiger partial charge in [-0.15, -0.1) is 0 Å². The zero-order chi connectivity index (χ0) is 10.1. The number of nitrogens with zero attached hydrogens (tertiary/aromatic N) is 1. The number of hydrogen-bond acceptors (Lipinski definition) is 1. The van der Waals surface area contributed by atoms with Crippen molar-refractivity contribution < 1.29 is 0 Å². The van der Waals surface area contributed by atoms with E-state index in [9.17, 15) is 0 Å². The molecule has 0 bridgehead atoms. The number of hydrogen-bond donors (Lipinski definition) is 1. The van der Waals surface area contributed by atoms with Crippen LogP contribution in [0.25, 0.3) is 10.9 Å². The van der Waals surface area contributed by atoms with E-state index in [4.69, 9.17) is 5.26 Å². The Morgan fingerprint density at radius 3 is 3.00 bits per heavy atom. The van der Waals surface area contributed by atoms with Crippen LogP contribution in [0.4, 0.5) is 0 Å². The molecule has 2 nitrogen and oxygen atoms in total. The number of aromatic amines is 1. The highest BCUT2D eigenvalue weighted by atomic mass is 79.9. The van der Waals surface area contributed by atoms with Gasteiger partial charge in [0.15, 0.2) is 0 Å². The topological polar surface area (TPSA) is 39.6 Å². The maximum atomic E-state index is 8.68. The molecular weight excluding hydrogens is 240 g/mol. The molecule has 14 heavy (non-hydrogen) atoms. The Hall–Kier alpha value is -1.27. The minimum atomic E-state index is 0.446. The average Bonchev–Trinajstić information content (AvgIpc) is 2.58. The highest BCUT2D eigenvalue weighted by molar-refractivity contribution is 9.10. The molecule has 0 saturated heterocycles. The second-order valence-electron chi connectivity index (χ2n) is 3.26. The van der Waals surface area contributed by atoms with Gasteiger partial charge in [-0.1, -0.05) is 22.0 Å². The molecule has 0 unspecified atom stereocenters. The van der Waals surface area contributed by atoms with E-state index < -0.39 is 0 Å². The Balaban J connectivity index is 2.78. The summed E-state index contributed by atoms with van der Waals surface area (Å²) in [6.45, 7) is 2.06. The lowest BCUT2D eigenvalue weighted by Gasteiger charge is -1.99. The second-order valence-corrected chi connectivity index (χ2v) is 4.12. The molecule has 2 rings (SSSR count). The minimum Gasteiger partial charge on any atom is -0.361 e. The number of aromatic nitrogens is 1. The van der Waals surface area contributed by atoms with Crippen molar-refractivity contribution in [3.8, 4) is 6.07 Å². The van der Waals surface area contributed by atoms with Crippen molar-refractivity contribution in [1.82, 2.24) is 4.98 Å². The van der Waals surface area contributed by atoms with Crippen LogP contribution in [0.2, 0.25) is 0 Å². The molecule has 1 aromatic carbocycles. The van der Waals surface area contributed by atoms with Gasteiger partial charge in [0.25, 0.3) is 0 Å². The zero-order valence-corrected chi connectivity index (χ0v) is 9.35. The van der Waals surface area contributed by atoms with Gasteiger partial charge in [-0.25, -0.2) is 0 Å². The SMILES string of the molecule is Cc1ccc(Br)c2c(CC#N)c[nH]c12. The quantitative estimate of drug-likeness (QED) is 0.827. The molecule has 0 aliphatic rings. The Morgan fingerprint density at radius 1 is 1.50 bits per heavy atom. The molecule has 0 atom stereocenters. The predicted octanol–water partition coefficient (Wildman–Crippen LogP) is 3.30. The van der Waals surface area contributed by atoms with Crippen LogP contribution in [0.15, 0.2) is 22.8 Å². The first-order valence-electron chi connectivity index (χ1n) is 4.36. The zero-order valence-electron chi connectivity index (χ0n) is 7.76. The van der Waals surface area contributed by atoms with Gasteiger partial charge in [0.1, 0.15) is 0 Å². The summed E-state index contributed by atoms with van der Waals surface area (Å²) < 4.78 is 1.05. The van der Waals surface area contributed by atoms with Crippen LogP contribution < -0.4 is 0 Å². The van der Waals surface area contributed by atoms with Crippen LogP contribution >= 0.6 is 15.9 Å². The largest absolute Gasteiger partial charge is 0.361 e. The molecular formula is C11H9BrN2. The average molecular weight is 249 g/mol. The molecule has 0 aliphatic carbocycles. The lowest BCUT2D eigenvalue weighted by Crippen LogP contribution is -1.81. The van der Waals surface area contributed by atoms with Crippen molar-refractivity contribution >= 4 is 26.8 Å². The number of nitriles is 1. The van der Waals surface area contributed by atoms with Crippen LogP contribution in [0.3, 0.4) is 0 Å². The summed E-state index contributed by atoms with van der Waals surface area (Å²) in [7, 11) is 0. The van der Waals surface area contributed by atoms with E-state index in [0.29, 0.717) is 6.42 Å². The first-order valence-corrected chi connectivity index (χ1v) is 5.15. The molecule has 0 radical (unpaired) electrons. The highest BCUT2D eigenvalue weighted by Crippen LogP contribution is 2.29. The first kappa shape index (κ1) is 9.29. The predicted molar refractivity (Wildman–Crippen MR) is 60.1 cm³/mol. The summed E-state index contributed by atoms with van der Waals surface area (Å²) in [6, 6.07) is 6.24. The van der Waals surface area contributed by atoms with E-state index in [1.165, 1.54) is 5.56 Å². The molecule has 0 amide bonds. The lowest BCUT2D eigenvalue weighted by atomic mass is 10.1. The number of halogens is 1. The van der Waals surface area contributed by atoms with Crippen molar-refractivity contribution in [2.24, 2.45) is 0 Å². The summed E-state index contributed by atoms with van der Waals surface area (Å²) in [6.07, 6.45) is 2.35. The van der Waals surface area contributed by atoms with Gasteiger partial charge in [0.2, 0.25) is 0 Å².